The molecular weight excluding hydrogens is 1050 g/mol. The van der Waals surface area contributed by atoms with Crippen LogP contribution in [0.3, 0.4) is 0 Å². The molecule has 0 aliphatic heterocycles. The van der Waals surface area contributed by atoms with Gasteiger partial charge in [0.25, 0.3) is 5.69 Å². The summed E-state index contributed by atoms with van der Waals surface area (Å²) in [6.07, 6.45) is 1.39. The SMILES string of the molecule is CCCCCCCCOC(=O)c1c2ccccc2cc[n+]1CC(=O)c1ccccc1.Fc1c(F)c(F)c([B-](c2c(F)c(F)c(F)c(F)c2F)(c2c(F)c(F)c(F)c(F)c2F)c2c(F)c(F)c(F)c(F)c2F)c(F)c1F. The largest absolute Gasteiger partial charge is 0.458 e. The van der Waals surface area contributed by atoms with E-state index in [0.29, 0.717) is 17.9 Å². The van der Waals surface area contributed by atoms with Gasteiger partial charge in [-0.05, 0) is 17.9 Å². The van der Waals surface area contributed by atoms with Crippen LogP contribution in [0.15, 0.2) is 66.9 Å². The van der Waals surface area contributed by atoms with Gasteiger partial charge in [0, 0.05) is 11.6 Å². The number of pyridine rings is 1. The van der Waals surface area contributed by atoms with Crippen LogP contribution in [-0.4, -0.2) is 24.5 Å². The lowest BCUT2D eigenvalue weighted by atomic mass is 9.12. The Hall–Kier alpha value is -7.47. The number of benzene rings is 6. The molecule has 0 unspecified atom stereocenters. The Kier molecular flexibility index (Phi) is 17.4. The second-order valence-corrected chi connectivity index (χ2v) is 16.4. The van der Waals surface area contributed by atoms with E-state index in [1.807, 2.05) is 48.5 Å². The quantitative estimate of drug-likeness (QED) is 0.0150. The first-order chi connectivity index (χ1) is 35.4. The lowest BCUT2D eigenvalue weighted by Crippen LogP contribution is -2.81. The summed E-state index contributed by atoms with van der Waals surface area (Å²) in [6, 6.07) is 18.8. The van der Waals surface area contributed by atoms with Crippen molar-refractivity contribution >= 4 is 50.5 Å². The van der Waals surface area contributed by atoms with Crippen molar-refractivity contribution in [2.45, 2.75) is 52.0 Å². The zero-order valence-corrected chi connectivity index (χ0v) is 37.8. The molecule has 0 bridgehead atoms. The van der Waals surface area contributed by atoms with Gasteiger partial charge < -0.3 is 4.74 Å². The van der Waals surface area contributed by atoms with E-state index in [2.05, 4.69) is 6.92 Å². The maximum atomic E-state index is 15.4. The lowest BCUT2D eigenvalue weighted by molar-refractivity contribution is -0.684. The number of fused-ring (bicyclic) bond motifs is 1. The monoisotopic (exact) mass is 1080 g/mol. The van der Waals surface area contributed by atoms with Crippen molar-refractivity contribution in [1.82, 2.24) is 0 Å². The Morgan fingerprint density at radius 1 is 0.413 bits per heavy atom. The van der Waals surface area contributed by atoms with Gasteiger partial charge >= 0.3 is 5.97 Å². The third-order valence-corrected chi connectivity index (χ3v) is 12.0. The van der Waals surface area contributed by atoms with Crippen LogP contribution in [0.5, 0.6) is 0 Å². The number of carbonyl (C=O) groups excluding carboxylic acids is 2. The average molecular weight is 1080 g/mol. The van der Waals surface area contributed by atoms with Gasteiger partial charge in [0.15, 0.2) is 76.0 Å². The summed E-state index contributed by atoms with van der Waals surface area (Å²) in [4.78, 5) is 25.7. The molecule has 0 aliphatic rings. The van der Waals surface area contributed by atoms with E-state index in [1.165, 1.54) is 25.7 Å². The maximum absolute atomic E-state index is 15.4. The molecule has 6 aromatic carbocycles. The molecule has 7 aromatic rings. The van der Waals surface area contributed by atoms with Gasteiger partial charge in [-0.3, -0.25) is 4.79 Å². The summed E-state index contributed by atoms with van der Waals surface area (Å²) >= 11 is 0. The van der Waals surface area contributed by atoms with Crippen molar-refractivity contribution in [2.24, 2.45) is 0 Å². The normalized spacial score (nSPS) is 11.5. The molecule has 25 heteroatoms. The zero-order valence-electron chi connectivity index (χ0n) is 37.8. The van der Waals surface area contributed by atoms with Gasteiger partial charge in [0.2, 0.25) is 12.3 Å². The molecule has 1 heterocycles. The van der Waals surface area contributed by atoms with Gasteiger partial charge in [-0.15, -0.1) is 21.9 Å². The maximum Gasteiger partial charge on any atom is 0.404 e. The van der Waals surface area contributed by atoms with E-state index in [9.17, 15) is 62.3 Å². The Bertz CT molecular complexity index is 3000. The third-order valence-electron chi connectivity index (χ3n) is 12.0. The molecule has 0 aliphatic carbocycles. The fourth-order valence-electron chi connectivity index (χ4n) is 8.48. The molecule has 0 radical (unpaired) electrons. The molecule has 0 saturated heterocycles. The standard InChI is InChI=1S/C26H30NO3.C24BF20/c1-2-3-4-5-6-12-19-30-26(29)25-23-16-11-10-13-21(23)17-18-27(25)20-24(28)22-14-8-7-9-15-22;26-5-1(6(27)14(35)21(42)13(5)34)25(2-7(28)15(36)22(43)16(37)8(2)29,3-9(30)17(38)23(44)18(39)10(3)31)4-11(32)19(40)24(45)20(41)12(4)33/h7-11,13-18H,2-6,12,19-20H2,1H3;/q+1;-1. The Morgan fingerprint density at radius 3 is 1.13 bits per heavy atom. The molecule has 0 fully saturated rings. The van der Waals surface area contributed by atoms with Crippen molar-refractivity contribution < 1.29 is 107 Å². The highest BCUT2D eigenvalue weighted by Crippen LogP contribution is 2.31. The molecule has 7 rings (SSSR count). The van der Waals surface area contributed by atoms with E-state index < -0.39 is 144 Å². The van der Waals surface area contributed by atoms with Gasteiger partial charge in [-0.25, -0.2) is 92.6 Å². The van der Waals surface area contributed by atoms with Crippen molar-refractivity contribution in [3.05, 3.63) is 194 Å². The Morgan fingerprint density at radius 2 is 0.747 bits per heavy atom. The highest BCUT2D eigenvalue weighted by molar-refractivity contribution is 7.20. The Balaban J connectivity index is 0.000000264. The highest BCUT2D eigenvalue weighted by atomic mass is 19.2. The van der Waals surface area contributed by atoms with Gasteiger partial charge in [0.05, 0.1) is 12.0 Å². The number of aromatic nitrogens is 1. The number of hydrogen-bond donors (Lipinski definition) is 0. The summed E-state index contributed by atoms with van der Waals surface area (Å²) in [7, 11) is 0. The molecular formula is C50H30BF20NO3. The van der Waals surface area contributed by atoms with Gasteiger partial charge in [0.1, 0.15) is 52.7 Å². The first-order valence-corrected chi connectivity index (χ1v) is 21.8. The predicted molar refractivity (Wildman–Crippen MR) is 228 cm³/mol. The fraction of sp³-hybridized carbons (Fsp3) is 0.180. The molecule has 0 saturated carbocycles. The number of nitrogens with zero attached hydrogens (tertiary/aromatic N) is 1. The molecule has 0 amide bonds. The van der Waals surface area contributed by atoms with Crippen LogP contribution in [0, 0.1) is 116 Å². The van der Waals surface area contributed by atoms with E-state index in [0.717, 1.165) is 23.6 Å². The summed E-state index contributed by atoms with van der Waals surface area (Å²) < 4.78 is 301. The Labute approximate surface area is 409 Å². The number of halogens is 20. The van der Waals surface area contributed by atoms with Gasteiger partial charge in [-0.2, -0.15) is 4.57 Å². The van der Waals surface area contributed by atoms with Crippen LogP contribution in [0.4, 0.5) is 87.8 Å². The molecule has 396 valence electrons. The number of rotatable bonds is 15. The van der Waals surface area contributed by atoms with Crippen LogP contribution >= 0.6 is 0 Å². The summed E-state index contributed by atoms with van der Waals surface area (Å²) in [6.45, 7) is 2.70. The number of esters is 1. The first kappa shape index (κ1) is 56.8. The number of Topliss-reactive ketones (excluding diaryl/α,β-unsaturated/α-hetero) is 1. The molecule has 0 spiro atoms. The molecule has 4 nitrogen and oxygen atoms in total. The molecule has 0 N–H and O–H groups in total. The van der Waals surface area contributed by atoms with Crippen LogP contribution in [-0.2, 0) is 11.3 Å². The van der Waals surface area contributed by atoms with Crippen LogP contribution in [0.2, 0.25) is 0 Å². The zero-order chi connectivity index (χ0) is 55.5. The average Bonchev–Trinajstić information content (AvgIpc) is 3.41. The highest BCUT2D eigenvalue weighted by Gasteiger charge is 2.52. The second-order valence-electron chi connectivity index (χ2n) is 16.4. The lowest BCUT2D eigenvalue weighted by Gasteiger charge is -2.44. The number of unbranched alkanes of at least 4 members (excludes halogenated alkanes) is 5. The van der Waals surface area contributed by atoms with Crippen LogP contribution in [0.25, 0.3) is 10.8 Å². The van der Waals surface area contributed by atoms with Crippen molar-refractivity contribution in [3.8, 4) is 0 Å². The number of ether oxygens (including phenoxy) is 1. The van der Waals surface area contributed by atoms with Crippen molar-refractivity contribution in [3.63, 3.8) is 0 Å². The minimum absolute atomic E-state index is 0.0409. The number of ketones is 1. The first-order valence-electron chi connectivity index (χ1n) is 21.8. The predicted octanol–water partition coefficient (Wildman–Crippen LogP) is 11.4. The smallest absolute Gasteiger partial charge is 0.404 e. The van der Waals surface area contributed by atoms with E-state index in [1.54, 1.807) is 22.9 Å². The topological polar surface area (TPSA) is 47.2 Å². The van der Waals surface area contributed by atoms with Crippen molar-refractivity contribution in [2.75, 3.05) is 6.61 Å². The molecule has 75 heavy (non-hydrogen) atoms. The third kappa shape index (κ3) is 10.1. The van der Waals surface area contributed by atoms with Crippen LogP contribution < -0.4 is 26.4 Å². The minimum Gasteiger partial charge on any atom is -0.458 e. The number of hydrogen-bond acceptors (Lipinski definition) is 3. The van der Waals surface area contributed by atoms with Crippen LogP contribution in [0.1, 0.15) is 66.3 Å². The molecule has 0 atom stereocenters. The van der Waals surface area contributed by atoms with E-state index >= 15 is 35.1 Å². The minimum atomic E-state index is -7.22. The molecule has 1 aromatic heterocycles. The summed E-state index contributed by atoms with van der Waals surface area (Å²) in [5, 5.41) is 1.75. The summed E-state index contributed by atoms with van der Waals surface area (Å²) in [5.41, 5.74) is -13.3. The fourth-order valence-corrected chi connectivity index (χ4v) is 8.48. The van der Waals surface area contributed by atoms with Gasteiger partial charge in [-0.1, -0.05) is 87.6 Å². The summed E-state index contributed by atoms with van der Waals surface area (Å²) in [5.74, 6) is -71.8. The second kappa shape index (κ2) is 23.0. The van der Waals surface area contributed by atoms with E-state index in [4.69, 9.17) is 4.74 Å². The van der Waals surface area contributed by atoms with E-state index in [-0.39, 0.29) is 18.3 Å². The van der Waals surface area contributed by atoms with Crippen molar-refractivity contribution in [1.29, 1.82) is 0 Å². The number of carbonyl (C=O) groups is 2.